The number of hydrogen-bond acceptors (Lipinski definition) is 13. The largest absolute Gasteiger partial charge is 0.377 e. The van der Waals surface area contributed by atoms with Crippen LogP contribution in [0.3, 0.4) is 0 Å². The van der Waals surface area contributed by atoms with Crippen LogP contribution in [0.5, 0.6) is 0 Å². The van der Waals surface area contributed by atoms with E-state index in [9.17, 15) is 32.8 Å². The average molecular weight is 1520 g/mol. The van der Waals surface area contributed by atoms with Gasteiger partial charge in [0.05, 0.1) is 24.4 Å². The Hall–Kier alpha value is -6.22. The molecule has 592 valence electrons. The number of fused-ring (bicyclic) bond motifs is 3. The highest BCUT2D eigenvalue weighted by Gasteiger charge is 2.59. The van der Waals surface area contributed by atoms with Gasteiger partial charge in [0.1, 0.15) is 60.4 Å². The lowest BCUT2D eigenvalue weighted by atomic mass is 9.58. The molecule has 2 bridgehead atoms. The summed E-state index contributed by atoms with van der Waals surface area (Å²) in [5.74, 6) is -12.2. The molecule has 12 amide bonds. The Morgan fingerprint density at radius 2 is 1.31 bits per heavy atom. The topological polar surface area (TPSA) is 279 Å². The van der Waals surface area contributed by atoms with E-state index in [1.165, 1.54) is 88.5 Å². The molecule has 3 unspecified atom stereocenters. The zero-order chi connectivity index (χ0) is 77.9. The molecule has 7 aliphatic rings. The summed E-state index contributed by atoms with van der Waals surface area (Å²) in [6.45, 7) is 13.9. The first kappa shape index (κ1) is 86.0. The molecule has 0 aromatic carbocycles. The summed E-state index contributed by atoms with van der Waals surface area (Å²) in [6, 6.07) is -10.6. The first-order valence-electron chi connectivity index (χ1n) is 38.7. The molecular weight excluding hydrogens is 1400 g/mol. The first-order valence-corrected chi connectivity index (χ1v) is 39.5. The van der Waals surface area contributed by atoms with E-state index >= 15 is 33.6 Å². The maximum absolute atomic E-state index is 15.8. The highest BCUT2D eigenvalue weighted by atomic mass is 35.5. The minimum atomic E-state index is -2.93. The van der Waals surface area contributed by atoms with Gasteiger partial charge in [-0.2, -0.15) is 0 Å². The molecule has 0 radical (unpaired) electrons. The van der Waals surface area contributed by atoms with Gasteiger partial charge in [0.25, 0.3) is 0 Å². The molecule has 3 heterocycles. The van der Waals surface area contributed by atoms with Crippen molar-refractivity contribution in [2.24, 2.45) is 29.1 Å². The molecule has 25 nitrogen and oxygen atoms in total. The summed E-state index contributed by atoms with van der Waals surface area (Å²) < 4.78 is 35.9. The van der Waals surface area contributed by atoms with Crippen LogP contribution in [0.2, 0.25) is 0 Å². The second-order valence-electron chi connectivity index (χ2n) is 32.3. The highest BCUT2D eigenvalue weighted by Crippen LogP contribution is 2.50. The van der Waals surface area contributed by atoms with Crippen molar-refractivity contribution < 1.29 is 71.1 Å². The number of halogens is 4. The molecular formula is C76H122Cl2F2N12O13. The Bertz CT molecular complexity index is 3140. The van der Waals surface area contributed by atoms with Crippen molar-refractivity contribution in [3.8, 4) is 0 Å². The number of ether oxygens (including phenoxy) is 1. The number of alkyl halides is 4. The van der Waals surface area contributed by atoms with Crippen LogP contribution in [-0.4, -0.2) is 280 Å². The van der Waals surface area contributed by atoms with Crippen LogP contribution in [0.25, 0.3) is 0 Å². The quantitative estimate of drug-likeness (QED) is 0.107. The van der Waals surface area contributed by atoms with E-state index in [4.69, 9.17) is 27.9 Å². The third-order valence-corrected chi connectivity index (χ3v) is 24.8. The Kier molecular flexibility index (Phi) is 30.5. The number of nitrogens with zero attached hydrogens (tertiary/aromatic N) is 9. The van der Waals surface area contributed by atoms with Crippen LogP contribution in [0.4, 0.5) is 8.78 Å². The first-order chi connectivity index (χ1) is 49.4. The molecule has 3 N–H and O–H groups in total. The van der Waals surface area contributed by atoms with E-state index in [-0.39, 0.29) is 101 Å². The number of likely N-dealkylation sites (N-methyl/N-ethyl adjacent to an activating group) is 6. The Labute approximate surface area is 631 Å². The molecule has 0 aromatic heterocycles. The van der Waals surface area contributed by atoms with E-state index in [0.29, 0.717) is 64.2 Å². The van der Waals surface area contributed by atoms with Gasteiger partial charge in [-0.15, -0.1) is 23.2 Å². The third kappa shape index (κ3) is 21.2. The SMILES string of the molecule is CCC[C@H]1C(=O)N[C@@H]([C@@H](C)CC)C(=O)N(C2CC2)CC(=O)N(C)[C@H]2C/C=C\CCN(C2=O)[C@@H](CC2CCC(F)(F)CC2)C(=O)N(C)CC(=O)N[C@@H](CCC2CCC(Cl)C(Cl)C2)C(=O)N2C[C@H](OCC)C[C@H]2C(=O)NC2(CC(C)(C)C2)C(=O)N(C)[C@@H](C(CC)CC)C(=O)N(C)[C@H](C(=O)N(C)C)CC(=O)N1C. The van der Waals surface area contributed by atoms with Crippen molar-refractivity contribution >= 4 is 94.1 Å². The van der Waals surface area contributed by atoms with Crippen molar-refractivity contribution in [3.05, 3.63) is 12.2 Å². The molecule has 6 fully saturated rings. The maximum atomic E-state index is 15.8. The van der Waals surface area contributed by atoms with Crippen LogP contribution in [-0.2, 0) is 62.3 Å². The number of rotatable bonds is 16. The minimum Gasteiger partial charge on any atom is -0.377 e. The van der Waals surface area contributed by atoms with Crippen LogP contribution >= 0.6 is 23.2 Å². The van der Waals surface area contributed by atoms with E-state index in [2.05, 4.69) is 16.0 Å². The summed E-state index contributed by atoms with van der Waals surface area (Å²) in [5, 5.41) is 8.38. The van der Waals surface area contributed by atoms with Crippen LogP contribution in [0.1, 0.15) is 203 Å². The van der Waals surface area contributed by atoms with Crippen molar-refractivity contribution in [2.75, 3.05) is 82.1 Å². The van der Waals surface area contributed by atoms with Crippen LogP contribution in [0.15, 0.2) is 12.2 Å². The van der Waals surface area contributed by atoms with Gasteiger partial charge in [0, 0.05) is 99.7 Å². The summed E-state index contributed by atoms with van der Waals surface area (Å²) >= 11 is 13.3. The summed E-state index contributed by atoms with van der Waals surface area (Å²) in [4.78, 5) is 195. The van der Waals surface area contributed by atoms with Gasteiger partial charge in [-0.25, -0.2) is 8.78 Å². The van der Waals surface area contributed by atoms with Crippen LogP contribution in [0, 0.1) is 29.1 Å². The van der Waals surface area contributed by atoms with E-state index < -0.39 is 198 Å². The number of carbonyl (C=O) groups excluding carboxylic acids is 12. The van der Waals surface area contributed by atoms with Crippen molar-refractivity contribution in [1.82, 2.24) is 60.0 Å². The van der Waals surface area contributed by atoms with Gasteiger partial charge in [-0.1, -0.05) is 86.3 Å². The monoisotopic (exact) mass is 1520 g/mol. The second kappa shape index (κ2) is 37.3. The molecule has 2 saturated heterocycles. The maximum Gasteiger partial charge on any atom is 0.248 e. The Morgan fingerprint density at radius 1 is 0.657 bits per heavy atom. The molecule has 105 heavy (non-hydrogen) atoms. The highest BCUT2D eigenvalue weighted by molar-refractivity contribution is 6.30. The normalized spacial score (nSPS) is 31.1. The fourth-order valence-corrected chi connectivity index (χ4v) is 17.6. The smallest absolute Gasteiger partial charge is 0.248 e. The van der Waals surface area contributed by atoms with Gasteiger partial charge in [0.15, 0.2) is 0 Å². The summed E-state index contributed by atoms with van der Waals surface area (Å²) in [7, 11) is 10.1. The molecule has 13 atom stereocenters. The van der Waals surface area contributed by atoms with Gasteiger partial charge >= 0.3 is 0 Å². The lowest BCUT2D eigenvalue weighted by molar-refractivity contribution is -0.161. The molecule has 7 rings (SSSR count). The standard InChI is InChI=1S/C76H122Cl2F2N12O13/c1-16-24-55-65(96)82-63(46(6)17-2)71(102)91(50-28-29-50)43-62(95)87(13)56-25-22-21-23-36-90(70(56)101)59(38-48-32-34-76(79,80)35-33-48)69(100)85(11)42-60(93)81-54(31-27-47-26-30-52(77)53(78)37-47)67(98)92-41-51(105-20-5)39-57(92)66(97)83-75(44-74(7,8)45-75)73(104)89(15)64(49(18-3)19-4)72(103)88(14)58(68(99)84(9)10)40-61(94)86(55)12/h21-22,46-59,63-64H,16-20,23-45H2,1-15H3,(H,81,93)(H,82,96)(H,83,97)/b22-21-/t46-,47?,51+,52?,53?,54-,55-,56-,57-,58-,59-,63-,64-/m0/s1. The van der Waals surface area contributed by atoms with Gasteiger partial charge in [-0.3, -0.25) is 57.5 Å². The zero-order valence-electron chi connectivity index (χ0n) is 65.0. The third-order valence-electron chi connectivity index (χ3n) is 23.7. The summed E-state index contributed by atoms with van der Waals surface area (Å²) in [6.07, 6.45) is 7.14. The fourth-order valence-electron chi connectivity index (χ4n) is 17.0. The molecule has 29 heteroatoms. The molecule has 1 spiro atoms. The lowest BCUT2D eigenvalue weighted by Gasteiger charge is -2.54. The van der Waals surface area contributed by atoms with Gasteiger partial charge in [0.2, 0.25) is 76.8 Å². The van der Waals surface area contributed by atoms with E-state index in [1.807, 2.05) is 47.6 Å². The Morgan fingerprint density at radius 3 is 1.90 bits per heavy atom. The molecule has 3 aliphatic heterocycles. The fraction of sp³-hybridized carbons (Fsp3) is 0.816. The van der Waals surface area contributed by atoms with E-state index in [1.54, 1.807) is 19.9 Å². The molecule has 0 aromatic rings. The van der Waals surface area contributed by atoms with E-state index in [0.717, 1.165) is 4.90 Å². The second-order valence-corrected chi connectivity index (χ2v) is 33.4. The molecule has 4 saturated carbocycles. The van der Waals surface area contributed by atoms with Crippen molar-refractivity contribution in [2.45, 2.75) is 286 Å². The minimum absolute atomic E-state index is 0.00333. The predicted molar refractivity (Wildman–Crippen MR) is 395 cm³/mol. The van der Waals surface area contributed by atoms with Crippen molar-refractivity contribution in [1.29, 1.82) is 0 Å². The van der Waals surface area contributed by atoms with Gasteiger partial charge < -0.3 is 64.8 Å². The van der Waals surface area contributed by atoms with Crippen molar-refractivity contribution in [3.63, 3.8) is 0 Å². The van der Waals surface area contributed by atoms with Crippen LogP contribution < -0.4 is 16.0 Å². The Balaban J connectivity index is 1.34. The molecule has 4 aliphatic carbocycles. The number of amides is 12. The lowest BCUT2D eigenvalue weighted by Crippen LogP contribution is -2.71. The average Bonchev–Trinajstić information content (AvgIpc) is 1.64. The number of hydrogen-bond donors (Lipinski definition) is 3. The zero-order valence-corrected chi connectivity index (χ0v) is 66.5. The predicted octanol–water partition coefficient (Wildman–Crippen LogP) is 6.73. The number of nitrogens with one attached hydrogen (secondary N) is 3. The van der Waals surface area contributed by atoms with Gasteiger partial charge in [-0.05, 0) is 132 Å². The summed E-state index contributed by atoms with van der Waals surface area (Å²) in [5.41, 5.74) is -2.13. The number of carbonyl (C=O) groups is 12.